The van der Waals surface area contributed by atoms with Crippen LogP contribution >= 0.6 is 11.9 Å². The molecule has 0 aliphatic rings. The van der Waals surface area contributed by atoms with Gasteiger partial charge < -0.3 is 25.9 Å². The molecule has 0 aliphatic carbocycles. The molecule has 5 aromatic carbocycles. The van der Waals surface area contributed by atoms with E-state index in [0.717, 1.165) is 41.2 Å². The summed E-state index contributed by atoms with van der Waals surface area (Å²) in [5.41, 5.74) is 7.85. The van der Waals surface area contributed by atoms with Crippen molar-refractivity contribution in [2.75, 3.05) is 30.9 Å². The minimum absolute atomic E-state index is 0. The standard InChI is InChI=1S/C35H35N5OS.2H2O/c1-4-41-29-18-16-28(17-19-29)40-24-37-32-21-27(15-20-34(32)40)36-22-25-11-13-26(14-12-25)23-38-42-35-10-6-7-30-31(35)8-5-9-33(30)39(2)3;;/h5-21,24,36,38H,4,22-23H2,1-3H3;2*1H2. The molecular formula is C35H39N5O3S. The monoisotopic (exact) mass is 609 g/mol. The number of ether oxygens (including phenoxy) is 1. The topological polar surface area (TPSA) is 117 Å². The molecule has 1 heterocycles. The first-order valence-electron chi connectivity index (χ1n) is 14.2. The zero-order chi connectivity index (χ0) is 28.9. The lowest BCUT2D eigenvalue weighted by atomic mass is 10.1. The van der Waals surface area contributed by atoms with Crippen molar-refractivity contribution >= 4 is 45.1 Å². The predicted molar refractivity (Wildman–Crippen MR) is 184 cm³/mol. The van der Waals surface area contributed by atoms with E-state index in [9.17, 15) is 0 Å². The summed E-state index contributed by atoms with van der Waals surface area (Å²) in [6.07, 6.45) is 1.87. The average Bonchev–Trinajstić information content (AvgIpc) is 3.44. The summed E-state index contributed by atoms with van der Waals surface area (Å²) >= 11 is 1.69. The summed E-state index contributed by atoms with van der Waals surface area (Å²) in [7, 11) is 4.18. The van der Waals surface area contributed by atoms with Gasteiger partial charge in [0.05, 0.1) is 17.6 Å². The van der Waals surface area contributed by atoms with E-state index in [1.54, 1.807) is 11.9 Å². The highest BCUT2D eigenvalue weighted by atomic mass is 32.2. The molecule has 0 radical (unpaired) electrons. The normalized spacial score (nSPS) is 10.7. The number of nitrogens with one attached hydrogen (secondary N) is 2. The fraction of sp³-hybridized carbons (Fsp3) is 0.171. The molecular weight excluding hydrogens is 570 g/mol. The van der Waals surface area contributed by atoms with Crippen LogP contribution in [0.25, 0.3) is 27.5 Å². The molecule has 0 saturated carbocycles. The van der Waals surface area contributed by atoms with Gasteiger partial charge in [-0.15, -0.1) is 0 Å². The minimum atomic E-state index is 0. The van der Waals surface area contributed by atoms with E-state index in [1.807, 2.05) is 25.4 Å². The molecule has 0 spiro atoms. The maximum Gasteiger partial charge on any atom is 0.119 e. The zero-order valence-corrected chi connectivity index (χ0v) is 26.0. The number of fused-ring (bicyclic) bond motifs is 2. The first-order valence-corrected chi connectivity index (χ1v) is 15.0. The number of anilines is 2. The van der Waals surface area contributed by atoms with Crippen LogP contribution < -0.4 is 19.7 Å². The highest BCUT2D eigenvalue weighted by Gasteiger charge is 2.08. The first kappa shape index (κ1) is 32.4. The van der Waals surface area contributed by atoms with E-state index in [2.05, 4.69) is 130 Å². The van der Waals surface area contributed by atoms with Gasteiger partial charge in [0.25, 0.3) is 0 Å². The van der Waals surface area contributed by atoms with Crippen molar-refractivity contribution in [3.05, 3.63) is 121 Å². The van der Waals surface area contributed by atoms with E-state index in [-0.39, 0.29) is 11.0 Å². The van der Waals surface area contributed by atoms with Gasteiger partial charge in [-0.2, -0.15) is 0 Å². The number of hydrogen-bond donors (Lipinski definition) is 2. The highest BCUT2D eigenvalue weighted by Crippen LogP contribution is 2.32. The molecule has 1 aromatic heterocycles. The van der Waals surface area contributed by atoms with Gasteiger partial charge in [0.1, 0.15) is 12.1 Å². The van der Waals surface area contributed by atoms with Gasteiger partial charge in [-0.1, -0.05) is 48.5 Å². The van der Waals surface area contributed by atoms with Crippen LogP contribution in [0, 0.1) is 0 Å². The third-order valence-corrected chi connectivity index (χ3v) is 8.16. The Labute approximate surface area is 262 Å². The van der Waals surface area contributed by atoms with Crippen molar-refractivity contribution in [2.24, 2.45) is 0 Å². The second-order valence-electron chi connectivity index (χ2n) is 10.4. The molecule has 44 heavy (non-hydrogen) atoms. The van der Waals surface area contributed by atoms with Crippen molar-refractivity contribution in [3.63, 3.8) is 0 Å². The molecule has 0 fully saturated rings. The van der Waals surface area contributed by atoms with Crippen molar-refractivity contribution in [2.45, 2.75) is 24.9 Å². The van der Waals surface area contributed by atoms with Crippen LogP contribution in [0.4, 0.5) is 11.4 Å². The first-order chi connectivity index (χ1) is 20.6. The molecule has 6 rings (SSSR count). The Bertz CT molecular complexity index is 1800. The van der Waals surface area contributed by atoms with Gasteiger partial charge in [0.2, 0.25) is 0 Å². The van der Waals surface area contributed by atoms with Crippen LogP contribution in [0.5, 0.6) is 5.75 Å². The number of hydrogen-bond acceptors (Lipinski definition) is 6. The van der Waals surface area contributed by atoms with E-state index >= 15 is 0 Å². The third kappa shape index (κ3) is 7.15. The molecule has 0 amide bonds. The van der Waals surface area contributed by atoms with Crippen LogP contribution in [-0.2, 0) is 13.1 Å². The molecule has 0 saturated heterocycles. The second-order valence-corrected chi connectivity index (χ2v) is 11.3. The summed E-state index contributed by atoms with van der Waals surface area (Å²) in [6.45, 7) is 4.19. The number of imidazole rings is 1. The van der Waals surface area contributed by atoms with E-state index < -0.39 is 0 Å². The van der Waals surface area contributed by atoms with Gasteiger partial charge in [0.15, 0.2) is 0 Å². The van der Waals surface area contributed by atoms with Crippen molar-refractivity contribution < 1.29 is 15.7 Å². The van der Waals surface area contributed by atoms with E-state index in [4.69, 9.17) is 4.74 Å². The number of rotatable bonds is 11. The molecule has 0 atom stereocenters. The fourth-order valence-corrected chi connectivity index (χ4v) is 5.95. The molecule has 6 aromatic rings. The van der Waals surface area contributed by atoms with Crippen molar-refractivity contribution in [1.82, 2.24) is 14.3 Å². The molecule has 9 heteroatoms. The Morgan fingerprint density at radius 1 is 0.795 bits per heavy atom. The summed E-state index contributed by atoms with van der Waals surface area (Å²) < 4.78 is 11.2. The summed E-state index contributed by atoms with van der Waals surface area (Å²) in [5, 5.41) is 6.09. The van der Waals surface area contributed by atoms with E-state index in [1.165, 1.54) is 32.5 Å². The lowest BCUT2D eigenvalue weighted by molar-refractivity contribution is 0.340. The molecule has 6 N–H and O–H groups in total. The van der Waals surface area contributed by atoms with Gasteiger partial charge in [0, 0.05) is 54.5 Å². The largest absolute Gasteiger partial charge is 0.494 e. The van der Waals surface area contributed by atoms with Crippen LogP contribution in [0.1, 0.15) is 18.1 Å². The molecule has 8 nitrogen and oxygen atoms in total. The zero-order valence-electron chi connectivity index (χ0n) is 25.2. The Kier molecular flexibility index (Phi) is 10.9. The van der Waals surface area contributed by atoms with Crippen LogP contribution in [0.15, 0.2) is 114 Å². The minimum Gasteiger partial charge on any atom is -0.494 e. The lowest BCUT2D eigenvalue weighted by Gasteiger charge is -2.16. The average molecular weight is 610 g/mol. The molecule has 0 unspecified atom stereocenters. The summed E-state index contributed by atoms with van der Waals surface area (Å²) in [6, 6.07) is 36.2. The molecule has 0 aliphatic heterocycles. The Morgan fingerprint density at radius 2 is 1.50 bits per heavy atom. The summed E-state index contributed by atoms with van der Waals surface area (Å²) in [4.78, 5) is 8.04. The van der Waals surface area contributed by atoms with Gasteiger partial charge in [-0.25, -0.2) is 4.98 Å². The van der Waals surface area contributed by atoms with Crippen LogP contribution in [0.2, 0.25) is 0 Å². The SMILES string of the molecule is CCOc1ccc(-n2cnc3cc(NCc4ccc(CNSc5cccc6c(N(C)C)cccc56)cc4)ccc32)cc1.O.O. The Hall–Kier alpha value is -4.54. The molecule has 228 valence electrons. The molecule has 0 bridgehead atoms. The van der Waals surface area contributed by atoms with E-state index in [0.29, 0.717) is 6.61 Å². The Balaban J connectivity index is 0.00000221. The lowest BCUT2D eigenvalue weighted by Crippen LogP contribution is -2.09. The van der Waals surface area contributed by atoms with Gasteiger partial charge in [-0.05, 0) is 90.0 Å². The van der Waals surface area contributed by atoms with Crippen molar-refractivity contribution in [1.29, 1.82) is 0 Å². The highest BCUT2D eigenvalue weighted by molar-refractivity contribution is 7.97. The number of benzene rings is 5. The fourth-order valence-electron chi connectivity index (χ4n) is 5.12. The smallest absolute Gasteiger partial charge is 0.119 e. The summed E-state index contributed by atoms with van der Waals surface area (Å²) in [5.74, 6) is 0.875. The van der Waals surface area contributed by atoms with Crippen LogP contribution in [0.3, 0.4) is 0 Å². The van der Waals surface area contributed by atoms with Crippen molar-refractivity contribution in [3.8, 4) is 11.4 Å². The van der Waals surface area contributed by atoms with Crippen LogP contribution in [-0.4, -0.2) is 41.2 Å². The number of nitrogens with zero attached hydrogens (tertiary/aromatic N) is 3. The van der Waals surface area contributed by atoms with Gasteiger partial charge in [-0.3, -0.25) is 9.29 Å². The Morgan fingerprint density at radius 3 is 2.23 bits per heavy atom. The third-order valence-electron chi connectivity index (χ3n) is 7.29. The quantitative estimate of drug-likeness (QED) is 0.164. The van der Waals surface area contributed by atoms with Gasteiger partial charge >= 0.3 is 0 Å². The predicted octanol–water partition coefficient (Wildman–Crippen LogP) is 6.40. The second kappa shape index (κ2) is 14.8. The number of aromatic nitrogens is 2. The maximum absolute atomic E-state index is 5.57. The maximum atomic E-state index is 5.57.